The first-order valence-corrected chi connectivity index (χ1v) is 9.56. The third kappa shape index (κ3) is 3.16. The quantitative estimate of drug-likeness (QED) is 0.538. The van der Waals surface area contributed by atoms with Crippen molar-refractivity contribution in [2.45, 2.75) is 19.1 Å². The molecule has 1 aliphatic heterocycles. The summed E-state index contributed by atoms with van der Waals surface area (Å²) in [6, 6.07) is 3.83. The number of aromatic nitrogens is 6. The Morgan fingerprint density at radius 2 is 1.90 bits per heavy atom. The molecule has 0 unspecified atom stereocenters. The Hall–Kier alpha value is -3.63. The molecule has 0 fully saturated rings. The number of aromatic amines is 1. The SMILES string of the molecule is COc1ccc(-c2c3c(nn2C)CCN(c2ncc(C(F)(F)F)cn2)C3)c2cn[nH]c12. The lowest BCUT2D eigenvalue weighted by atomic mass is 9.98. The molecule has 5 rings (SSSR count). The average Bonchev–Trinajstić information content (AvgIpc) is 3.36. The second kappa shape index (κ2) is 6.96. The van der Waals surface area contributed by atoms with Crippen LogP contribution in [-0.4, -0.2) is 43.6 Å². The number of hydrogen-bond donors (Lipinski definition) is 1. The zero-order valence-corrected chi connectivity index (χ0v) is 16.7. The summed E-state index contributed by atoms with van der Waals surface area (Å²) in [7, 11) is 3.48. The van der Waals surface area contributed by atoms with Crippen LogP contribution in [0.4, 0.5) is 19.1 Å². The van der Waals surface area contributed by atoms with Gasteiger partial charge in [0.2, 0.25) is 5.95 Å². The number of alkyl halides is 3. The summed E-state index contributed by atoms with van der Waals surface area (Å²) < 4.78 is 45.7. The summed E-state index contributed by atoms with van der Waals surface area (Å²) in [4.78, 5) is 9.77. The Morgan fingerprint density at radius 3 is 2.61 bits per heavy atom. The summed E-state index contributed by atoms with van der Waals surface area (Å²) in [5, 5.41) is 12.7. The van der Waals surface area contributed by atoms with Crippen molar-refractivity contribution in [3.05, 3.63) is 47.5 Å². The Bertz CT molecular complexity index is 1260. The van der Waals surface area contributed by atoms with Crippen molar-refractivity contribution in [3.8, 4) is 17.0 Å². The summed E-state index contributed by atoms with van der Waals surface area (Å²) in [5.74, 6) is 0.948. The number of hydrogen-bond acceptors (Lipinski definition) is 6. The number of methoxy groups -OCH3 is 1. The molecule has 4 aromatic rings. The number of nitrogens with zero attached hydrogens (tertiary/aromatic N) is 6. The maximum Gasteiger partial charge on any atom is 0.419 e. The van der Waals surface area contributed by atoms with Crippen LogP contribution in [0, 0.1) is 0 Å². The fraction of sp³-hybridized carbons (Fsp3) is 0.300. The Labute approximate surface area is 174 Å². The van der Waals surface area contributed by atoms with E-state index in [4.69, 9.17) is 4.74 Å². The molecule has 1 aromatic carbocycles. The van der Waals surface area contributed by atoms with Gasteiger partial charge in [0.25, 0.3) is 0 Å². The van der Waals surface area contributed by atoms with Crippen molar-refractivity contribution < 1.29 is 17.9 Å². The van der Waals surface area contributed by atoms with E-state index in [9.17, 15) is 13.2 Å². The molecule has 31 heavy (non-hydrogen) atoms. The van der Waals surface area contributed by atoms with Gasteiger partial charge in [0.05, 0.1) is 30.3 Å². The van der Waals surface area contributed by atoms with E-state index < -0.39 is 11.7 Å². The van der Waals surface area contributed by atoms with Crippen LogP contribution in [0.3, 0.4) is 0 Å². The van der Waals surface area contributed by atoms with Crippen LogP contribution < -0.4 is 9.64 Å². The molecule has 0 atom stereocenters. The minimum atomic E-state index is -4.46. The fourth-order valence-corrected chi connectivity index (χ4v) is 4.03. The van der Waals surface area contributed by atoms with Crippen LogP contribution >= 0.6 is 0 Å². The Balaban J connectivity index is 1.54. The zero-order valence-electron chi connectivity index (χ0n) is 16.7. The molecule has 1 N–H and O–H groups in total. The molecule has 0 radical (unpaired) electrons. The fourth-order valence-electron chi connectivity index (χ4n) is 4.03. The smallest absolute Gasteiger partial charge is 0.419 e. The highest BCUT2D eigenvalue weighted by molar-refractivity contribution is 5.97. The first kappa shape index (κ1) is 19.3. The van der Waals surface area contributed by atoms with E-state index in [0.717, 1.165) is 45.8 Å². The van der Waals surface area contributed by atoms with Gasteiger partial charge in [0.1, 0.15) is 11.3 Å². The number of anilines is 1. The number of halogens is 3. The molecule has 0 spiro atoms. The third-order valence-electron chi connectivity index (χ3n) is 5.50. The minimum Gasteiger partial charge on any atom is -0.494 e. The highest BCUT2D eigenvalue weighted by Gasteiger charge is 2.32. The summed E-state index contributed by atoms with van der Waals surface area (Å²) in [6.45, 7) is 1.01. The molecule has 0 saturated heterocycles. The molecular weight excluding hydrogens is 411 g/mol. The number of benzene rings is 1. The number of fused-ring (bicyclic) bond motifs is 2. The summed E-state index contributed by atoms with van der Waals surface area (Å²) in [5.41, 5.74) is 3.72. The molecule has 1 aliphatic rings. The van der Waals surface area contributed by atoms with Gasteiger partial charge in [-0.3, -0.25) is 9.78 Å². The summed E-state index contributed by atoms with van der Waals surface area (Å²) in [6.07, 6.45) is -0.445. The van der Waals surface area contributed by atoms with Crippen molar-refractivity contribution in [2.75, 3.05) is 18.6 Å². The van der Waals surface area contributed by atoms with Gasteiger partial charge in [0, 0.05) is 55.5 Å². The summed E-state index contributed by atoms with van der Waals surface area (Å²) >= 11 is 0. The van der Waals surface area contributed by atoms with Crippen LogP contribution in [0.25, 0.3) is 22.2 Å². The predicted molar refractivity (Wildman–Crippen MR) is 107 cm³/mol. The van der Waals surface area contributed by atoms with Crippen LogP contribution in [0.1, 0.15) is 16.8 Å². The molecule has 11 heteroatoms. The van der Waals surface area contributed by atoms with E-state index >= 15 is 0 Å². The van der Waals surface area contributed by atoms with Gasteiger partial charge in [-0.1, -0.05) is 0 Å². The Kier molecular flexibility index (Phi) is 4.34. The third-order valence-corrected chi connectivity index (χ3v) is 5.50. The van der Waals surface area contributed by atoms with Crippen molar-refractivity contribution in [2.24, 2.45) is 7.05 Å². The number of aryl methyl sites for hydroxylation is 1. The molecule has 0 aliphatic carbocycles. The van der Waals surface area contributed by atoms with E-state index in [1.165, 1.54) is 0 Å². The zero-order chi connectivity index (χ0) is 21.8. The number of rotatable bonds is 3. The van der Waals surface area contributed by atoms with E-state index in [2.05, 4.69) is 25.3 Å². The van der Waals surface area contributed by atoms with Gasteiger partial charge < -0.3 is 9.64 Å². The lowest BCUT2D eigenvalue weighted by molar-refractivity contribution is -0.138. The van der Waals surface area contributed by atoms with E-state index in [1.807, 2.05) is 28.8 Å². The maximum atomic E-state index is 12.8. The van der Waals surface area contributed by atoms with Crippen LogP contribution in [0.2, 0.25) is 0 Å². The largest absolute Gasteiger partial charge is 0.494 e. The van der Waals surface area contributed by atoms with Gasteiger partial charge in [-0.2, -0.15) is 23.4 Å². The van der Waals surface area contributed by atoms with Crippen LogP contribution in [0.15, 0.2) is 30.7 Å². The number of ether oxygens (including phenoxy) is 1. The van der Waals surface area contributed by atoms with E-state index in [0.29, 0.717) is 25.3 Å². The van der Waals surface area contributed by atoms with Gasteiger partial charge in [-0.15, -0.1) is 0 Å². The number of nitrogens with one attached hydrogen (secondary N) is 1. The second-order valence-corrected chi connectivity index (χ2v) is 7.31. The molecule has 160 valence electrons. The minimum absolute atomic E-state index is 0.261. The highest BCUT2D eigenvalue weighted by Crippen LogP contribution is 2.37. The monoisotopic (exact) mass is 429 g/mol. The van der Waals surface area contributed by atoms with Gasteiger partial charge in [-0.05, 0) is 12.1 Å². The van der Waals surface area contributed by atoms with Gasteiger partial charge >= 0.3 is 6.18 Å². The lowest BCUT2D eigenvalue weighted by Crippen LogP contribution is -2.31. The lowest BCUT2D eigenvalue weighted by Gasteiger charge is -2.27. The molecule has 0 saturated carbocycles. The first-order valence-electron chi connectivity index (χ1n) is 9.56. The molecule has 0 amide bonds. The average molecular weight is 429 g/mol. The number of H-pyrrole nitrogens is 1. The van der Waals surface area contributed by atoms with Crippen LogP contribution in [-0.2, 0) is 26.2 Å². The Morgan fingerprint density at radius 1 is 1.13 bits per heavy atom. The van der Waals surface area contributed by atoms with Crippen molar-refractivity contribution in [1.82, 2.24) is 29.9 Å². The molecular formula is C20H18F3N7O. The van der Waals surface area contributed by atoms with Crippen molar-refractivity contribution >= 4 is 16.9 Å². The topological polar surface area (TPSA) is 84.8 Å². The van der Waals surface area contributed by atoms with Crippen molar-refractivity contribution in [3.63, 3.8) is 0 Å². The standard InChI is InChI=1S/C20H18F3N7O/c1-29-18(12-3-4-16(31-2)17-13(12)9-26-27-17)14-10-30(6-5-15(14)28-29)19-24-7-11(8-25-19)20(21,22)23/h3-4,7-9H,5-6,10H2,1-2H3,(H,26,27). The molecule has 0 bridgehead atoms. The van der Waals surface area contributed by atoms with Gasteiger partial charge in [0.15, 0.2) is 0 Å². The molecule has 4 heterocycles. The highest BCUT2D eigenvalue weighted by atomic mass is 19.4. The maximum absolute atomic E-state index is 12.8. The normalized spacial score (nSPS) is 14.2. The molecule has 3 aromatic heterocycles. The van der Waals surface area contributed by atoms with Gasteiger partial charge in [-0.25, -0.2) is 9.97 Å². The van der Waals surface area contributed by atoms with E-state index in [-0.39, 0.29) is 5.95 Å². The second-order valence-electron chi connectivity index (χ2n) is 7.31. The van der Waals surface area contributed by atoms with E-state index in [1.54, 1.807) is 13.3 Å². The molecule has 8 nitrogen and oxygen atoms in total. The first-order chi connectivity index (χ1) is 14.9. The van der Waals surface area contributed by atoms with Crippen LogP contribution in [0.5, 0.6) is 5.75 Å². The predicted octanol–water partition coefficient (Wildman–Crippen LogP) is 3.34. The van der Waals surface area contributed by atoms with Crippen molar-refractivity contribution in [1.29, 1.82) is 0 Å².